The van der Waals surface area contributed by atoms with Gasteiger partial charge in [-0.05, 0) is 30.2 Å². The van der Waals surface area contributed by atoms with Gasteiger partial charge in [-0.1, -0.05) is 6.07 Å². The van der Waals surface area contributed by atoms with Crippen LogP contribution in [0.1, 0.15) is 29.5 Å². The van der Waals surface area contributed by atoms with Gasteiger partial charge in [0.25, 0.3) is 0 Å². The van der Waals surface area contributed by atoms with Crippen molar-refractivity contribution < 1.29 is 27.9 Å². The fourth-order valence-electron chi connectivity index (χ4n) is 2.46. The molecule has 2 rings (SSSR count). The van der Waals surface area contributed by atoms with Gasteiger partial charge in [-0.2, -0.15) is 13.2 Å². The first-order valence-corrected chi connectivity index (χ1v) is 5.60. The van der Waals surface area contributed by atoms with Gasteiger partial charge >= 0.3 is 12.1 Å². The molecule has 0 atom stereocenters. The standard InChI is InChI=1S/C13H11F3O3/c1-7-4-8(13(14,15)16)2-3-10(7)12(11(18)19)5-9(17)6-12/h2-4H,5-6H2,1H3,(H,18,19). The number of carboxylic acid groups (broad SMARTS) is 1. The highest BCUT2D eigenvalue weighted by atomic mass is 19.4. The molecule has 19 heavy (non-hydrogen) atoms. The Labute approximate surface area is 107 Å². The number of benzene rings is 1. The predicted molar refractivity (Wildman–Crippen MR) is 59.7 cm³/mol. The SMILES string of the molecule is Cc1cc(C(F)(F)F)ccc1C1(C(=O)O)CC(=O)C1. The lowest BCUT2D eigenvalue weighted by atomic mass is 9.62. The third kappa shape index (κ3) is 2.11. The highest BCUT2D eigenvalue weighted by Crippen LogP contribution is 2.44. The topological polar surface area (TPSA) is 54.4 Å². The molecular weight excluding hydrogens is 261 g/mol. The molecule has 0 aliphatic heterocycles. The van der Waals surface area contributed by atoms with Gasteiger partial charge in [0.15, 0.2) is 0 Å². The summed E-state index contributed by atoms with van der Waals surface area (Å²) in [6, 6.07) is 2.94. The van der Waals surface area contributed by atoms with Crippen molar-refractivity contribution in [3.63, 3.8) is 0 Å². The van der Waals surface area contributed by atoms with Crippen molar-refractivity contribution >= 4 is 11.8 Å². The molecule has 0 unspecified atom stereocenters. The zero-order chi connectivity index (χ0) is 14.4. The van der Waals surface area contributed by atoms with Crippen molar-refractivity contribution in [3.8, 4) is 0 Å². The Morgan fingerprint density at radius 3 is 2.26 bits per heavy atom. The monoisotopic (exact) mass is 272 g/mol. The summed E-state index contributed by atoms with van der Waals surface area (Å²) in [5, 5.41) is 9.23. The molecular formula is C13H11F3O3. The molecule has 0 saturated heterocycles. The van der Waals surface area contributed by atoms with Gasteiger partial charge in [0.1, 0.15) is 11.2 Å². The molecule has 1 aromatic carbocycles. The van der Waals surface area contributed by atoms with E-state index >= 15 is 0 Å². The fourth-order valence-corrected chi connectivity index (χ4v) is 2.46. The second-order valence-electron chi connectivity index (χ2n) is 4.81. The molecule has 1 fully saturated rings. The van der Waals surface area contributed by atoms with Gasteiger partial charge in [-0.15, -0.1) is 0 Å². The minimum Gasteiger partial charge on any atom is -0.481 e. The summed E-state index contributed by atoms with van der Waals surface area (Å²) in [6.07, 6.45) is -4.78. The summed E-state index contributed by atoms with van der Waals surface area (Å²) in [4.78, 5) is 22.4. The predicted octanol–water partition coefficient (Wildman–Crippen LogP) is 2.70. The number of aryl methyl sites for hydroxylation is 1. The first-order valence-electron chi connectivity index (χ1n) is 5.60. The second kappa shape index (κ2) is 4.08. The number of ketones is 1. The number of aliphatic carboxylic acids is 1. The van der Waals surface area contributed by atoms with E-state index in [1.807, 2.05) is 0 Å². The number of carbonyl (C=O) groups excluding carboxylic acids is 1. The maximum atomic E-state index is 12.5. The lowest BCUT2D eigenvalue weighted by molar-refractivity contribution is -0.153. The van der Waals surface area contributed by atoms with Crippen LogP contribution in [0.4, 0.5) is 13.2 Å². The Balaban J connectivity index is 2.47. The minimum atomic E-state index is -4.46. The molecule has 1 N–H and O–H groups in total. The van der Waals surface area contributed by atoms with E-state index in [1.54, 1.807) is 0 Å². The molecule has 0 bridgehead atoms. The number of hydrogen-bond acceptors (Lipinski definition) is 2. The van der Waals surface area contributed by atoms with E-state index in [0.717, 1.165) is 12.1 Å². The molecule has 1 saturated carbocycles. The third-order valence-corrected chi connectivity index (χ3v) is 3.48. The van der Waals surface area contributed by atoms with Crippen molar-refractivity contribution in [3.05, 3.63) is 34.9 Å². The van der Waals surface area contributed by atoms with Crippen LogP contribution in [0, 0.1) is 6.92 Å². The first-order chi connectivity index (χ1) is 8.67. The molecule has 1 aliphatic carbocycles. The molecule has 0 heterocycles. The van der Waals surface area contributed by atoms with Crippen LogP contribution in [0.25, 0.3) is 0 Å². The van der Waals surface area contributed by atoms with Crippen LogP contribution < -0.4 is 0 Å². The van der Waals surface area contributed by atoms with Crippen molar-refractivity contribution in [2.45, 2.75) is 31.4 Å². The van der Waals surface area contributed by atoms with Gasteiger partial charge in [0.2, 0.25) is 0 Å². The number of carbonyl (C=O) groups is 2. The Hall–Kier alpha value is -1.85. The zero-order valence-electron chi connectivity index (χ0n) is 10.0. The number of carboxylic acids is 1. The Bertz CT molecular complexity index is 553. The summed E-state index contributed by atoms with van der Waals surface area (Å²) in [5.74, 6) is -1.36. The van der Waals surface area contributed by atoms with Crippen LogP contribution in [-0.4, -0.2) is 16.9 Å². The Kier molecular flexibility index (Phi) is 2.91. The van der Waals surface area contributed by atoms with Crippen LogP contribution in [0.3, 0.4) is 0 Å². The number of hydrogen-bond donors (Lipinski definition) is 1. The number of halogens is 3. The average molecular weight is 272 g/mol. The van der Waals surface area contributed by atoms with E-state index in [0.29, 0.717) is 0 Å². The second-order valence-corrected chi connectivity index (χ2v) is 4.81. The van der Waals surface area contributed by atoms with E-state index in [9.17, 15) is 27.9 Å². The Morgan fingerprint density at radius 1 is 1.32 bits per heavy atom. The molecule has 0 amide bonds. The molecule has 3 nitrogen and oxygen atoms in total. The maximum absolute atomic E-state index is 12.5. The first kappa shape index (κ1) is 13.6. The maximum Gasteiger partial charge on any atom is 0.416 e. The number of alkyl halides is 3. The highest BCUT2D eigenvalue weighted by molar-refractivity contribution is 6.01. The van der Waals surface area contributed by atoms with Crippen LogP contribution >= 0.6 is 0 Å². The van der Waals surface area contributed by atoms with Crippen molar-refractivity contribution in [2.75, 3.05) is 0 Å². The van der Waals surface area contributed by atoms with Crippen molar-refractivity contribution in [1.29, 1.82) is 0 Å². The van der Waals surface area contributed by atoms with Crippen LogP contribution in [0.2, 0.25) is 0 Å². The van der Waals surface area contributed by atoms with Crippen molar-refractivity contribution in [1.82, 2.24) is 0 Å². The quantitative estimate of drug-likeness (QED) is 0.900. The van der Waals surface area contributed by atoms with E-state index in [-0.39, 0.29) is 29.8 Å². The fraction of sp³-hybridized carbons (Fsp3) is 0.385. The van der Waals surface area contributed by atoms with Crippen LogP contribution in [-0.2, 0) is 21.2 Å². The third-order valence-electron chi connectivity index (χ3n) is 3.48. The summed E-state index contributed by atoms with van der Waals surface area (Å²) in [6.45, 7) is 1.43. The largest absolute Gasteiger partial charge is 0.481 e. The summed E-state index contributed by atoms with van der Waals surface area (Å²) < 4.78 is 37.6. The van der Waals surface area contributed by atoms with Crippen LogP contribution in [0.5, 0.6) is 0 Å². The normalized spacial score (nSPS) is 18.0. The summed E-state index contributed by atoms with van der Waals surface area (Å²) in [7, 11) is 0. The Morgan fingerprint density at radius 2 is 1.89 bits per heavy atom. The molecule has 102 valence electrons. The van der Waals surface area contributed by atoms with E-state index in [1.165, 1.54) is 13.0 Å². The summed E-state index contributed by atoms with van der Waals surface area (Å²) >= 11 is 0. The van der Waals surface area contributed by atoms with E-state index < -0.39 is 23.1 Å². The molecule has 0 spiro atoms. The van der Waals surface area contributed by atoms with Gasteiger partial charge in [-0.25, -0.2) is 0 Å². The summed E-state index contributed by atoms with van der Waals surface area (Å²) in [5.41, 5.74) is -1.65. The lowest BCUT2D eigenvalue weighted by Crippen LogP contribution is -2.48. The number of rotatable bonds is 2. The molecule has 0 aromatic heterocycles. The molecule has 1 aromatic rings. The molecule has 6 heteroatoms. The van der Waals surface area contributed by atoms with E-state index in [2.05, 4.69) is 0 Å². The van der Waals surface area contributed by atoms with Gasteiger partial charge in [-0.3, -0.25) is 9.59 Å². The minimum absolute atomic E-state index is 0.158. The lowest BCUT2D eigenvalue weighted by Gasteiger charge is -2.37. The molecule has 1 aliphatic rings. The van der Waals surface area contributed by atoms with Gasteiger partial charge in [0, 0.05) is 12.8 Å². The van der Waals surface area contributed by atoms with Gasteiger partial charge in [0.05, 0.1) is 5.56 Å². The van der Waals surface area contributed by atoms with Gasteiger partial charge < -0.3 is 5.11 Å². The van der Waals surface area contributed by atoms with E-state index in [4.69, 9.17) is 0 Å². The number of Topliss-reactive ketones (excluding diaryl/α,β-unsaturated/α-hetero) is 1. The van der Waals surface area contributed by atoms with Crippen molar-refractivity contribution in [2.24, 2.45) is 0 Å². The van der Waals surface area contributed by atoms with Crippen LogP contribution in [0.15, 0.2) is 18.2 Å². The zero-order valence-corrected chi connectivity index (χ0v) is 10.0. The highest BCUT2D eigenvalue weighted by Gasteiger charge is 2.52. The smallest absolute Gasteiger partial charge is 0.416 e. The molecule has 0 radical (unpaired) electrons. The average Bonchev–Trinajstić information content (AvgIpc) is 2.23.